The normalized spacial score (nSPS) is 45.5. The minimum atomic E-state index is -4.44. The van der Waals surface area contributed by atoms with Gasteiger partial charge in [0, 0.05) is 67.6 Å². The molecule has 0 amide bonds. The van der Waals surface area contributed by atoms with Gasteiger partial charge in [-0.05, 0) is 63.9 Å². The SMILES string of the molecule is [2H]C([2H])(c1c(C)nc2n(c1=O)C([2H])([2H])C([2H])([2H])C([2H])([2H])C2([2H])O)C([2H])([2H])N1C([2H])([2H])C([2H])([2H])C([2H])(c2noc3cc(F)ccc23)C([2H])([2H])C1([2H])[2H]. The quantitative estimate of drug-likeness (QED) is 0.663. The van der Waals surface area contributed by atoms with Crippen molar-refractivity contribution in [2.24, 2.45) is 0 Å². The van der Waals surface area contributed by atoms with E-state index in [1.165, 1.54) is 0 Å². The molecule has 1 N–H and O–H groups in total. The third kappa shape index (κ3) is 3.78. The van der Waals surface area contributed by atoms with E-state index < -0.39 is 124 Å². The van der Waals surface area contributed by atoms with E-state index in [-0.39, 0.29) is 0 Å². The van der Waals surface area contributed by atoms with E-state index in [0.29, 0.717) is 6.07 Å². The standard InChI is InChI=1S/C23H27FN4O3/c1-14-17(23(30)28-9-2-3-19(29)22(28)25-14)8-12-27-10-6-15(7-11-27)21-18-5-4-16(24)13-20(18)31-26-21/h4-5,13,15,19,29H,2-3,6-12H2,1H3/i2D2,3D2,6D2,7D2,8D2,9D2,10D2,11D2,12D2,15D,19D. The number of likely N-dealkylation sites (tertiary alicyclic amines) is 1. The first-order valence-corrected chi connectivity index (χ1v) is 8.75. The van der Waals surface area contributed by atoms with Crippen LogP contribution in [0.3, 0.4) is 0 Å². The van der Waals surface area contributed by atoms with E-state index in [1.54, 1.807) is 0 Å². The highest BCUT2D eigenvalue weighted by atomic mass is 19.1. The van der Waals surface area contributed by atoms with Crippen molar-refractivity contribution in [2.45, 2.75) is 57.3 Å². The van der Waals surface area contributed by atoms with Crippen LogP contribution in [0.2, 0.25) is 0 Å². The molecule has 1 fully saturated rings. The minimum absolute atomic E-state index is 0.428. The van der Waals surface area contributed by atoms with Crippen LogP contribution < -0.4 is 5.56 Å². The van der Waals surface area contributed by atoms with Crippen LogP contribution >= 0.6 is 0 Å². The number of halogens is 1. The zero-order valence-corrected chi connectivity index (χ0v) is 15.7. The first-order chi connectivity index (χ1) is 22.5. The topological polar surface area (TPSA) is 84.4 Å². The Kier molecular flexibility index (Phi) is 2.05. The van der Waals surface area contributed by atoms with Crippen LogP contribution in [0.25, 0.3) is 11.0 Å². The average Bonchev–Trinajstić information content (AvgIpc) is 3.37. The maximum absolute atomic E-state index is 14.0. The highest BCUT2D eigenvalue weighted by molar-refractivity contribution is 5.79. The molecule has 0 radical (unpaired) electrons. The van der Waals surface area contributed by atoms with Crippen molar-refractivity contribution in [3.05, 3.63) is 57.1 Å². The van der Waals surface area contributed by atoms with Gasteiger partial charge < -0.3 is 14.5 Å². The summed E-state index contributed by atoms with van der Waals surface area (Å²) >= 11 is 0. The summed E-state index contributed by atoms with van der Waals surface area (Å²) < 4.78 is 190. The first kappa shape index (κ1) is 7.78. The third-order valence-corrected chi connectivity index (χ3v) is 4.37. The Bertz CT molecular complexity index is 2000. The number of benzene rings is 1. The molecule has 0 spiro atoms. The predicted molar refractivity (Wildman–Crippen MR) is 114 cm³/mol. The molecule has 4 heterocycles. The molecule has 1 aromatic carbocycles. The van der Waals surface area contributed by atoms with Gasteiger partial charge in [0.1, 0.15) is 17.7 Å². The summed E-state index contributed by atoms with van der Waals surface area (Å²) in [5, 5.41) is 13.7. The molecule has 3 aromatic rings. The van der Waals surface area contributed by atoms with Gasteiger partial charge in [0.15, 0.2) is 5.58 Å². The number of aromatic nitrogens is 3. The van der Waals surface area contributed by atoms with Gasteiger partial charge in [0.2, 0.25) is 0 Å². The molecule has 1 saturated heterocycles. The van der Waals surface area contributed by atoms with Gasteiger partial charge in [0.05, 0.1) is 7.06 Å². The lowest BCUT2D eigenvalue weighted by Crippen LogP contribution is -2.37. The van der Waals surface area contributed by atoms with Crippen LogP contribution in [0.5, 0.6) is 0 Å². The number of hydrogen-bond donors (Lipinski definition) is 1. The van der Waals surface area contributed by atoms with Crippen LogP contribution in [0.15, 0.2) is 27.5 Å². The van der Waals surface area contributed by atoms with Gasteiger partial charge >= 0.3 is 0 Å². The van der Waals surface area contributed by atoms with E-state index in [1.807, 2.05) is 0 Å². The fourth-order valence-electron chi connectivity index (χ4n) is 2.89. The maximum Gasteiger partial charge on any atom is 0.257 e. The van der Waals surface area contributed by atoms with E-state index >= 15 is 0 Å². The second-order valence-corrected chi connectivity index (χ2v) is 6.34. The molecule has 5 rings (SSSR count). The Hall–Kier alpha value is -2.58. The molecule has 0 aliphatic carbocycles. The number of hydrogen-bond acceptors (Lipinski definition) is 6. The molecule has 8 heteroatoms. The van der Waals surface area contributed by atoms with Crippen LogP contribution in [0.1, 0.15) is 87.7 Å². The van der Waals surface area contributed by atoms with Gasteiger partial charge in [-0.1, -0.05) is 5.16 Å². The van der Waals surface area contributed by atoms with Crippen LogP contribution in [0, 0.1) is 12.7 Å². The molecule has 164 valence electrons. The monoisotopic (exact) mass is 446 g/mol. The Morgan fingerprint density at radius 3 is 2.97 bits per heavy atom. The fourth-order valence-corrected chi connectivity index (χ4v) is 2.89. The fraction of sp³-hybridized carbons (Fsp3) is 0.522. The smallest absolute Gasteiger partial charge is 0.257 e. The van der Waals surface area contributed by atoms with Crippen molar-refractivity contribution >= 4 is 11.0 Å². The van der Waals surface area contributed by atoms with Crippen LogP contribution in [-0.2, 0) is 12.9 Å². The highest BCUT2D eigenvalue weighted by Gasteiger charge is 2.26. The van der Waals surface area contributed by atoms with E-state index in [4.69, 9.17) is 31.9 Å². The number of nitrogens with zero attached hydrogens (tertiary/aromatic N) is 4. The predicted octanol–water partition coefficient (Wildman–Crippen LogP) is 3.08. The number of piperidine rings is 1. The molecular formula is C23H27FN4O3. The molecule has 1 unspecified atom stereocenters. The average molecular weight is 447 g/mol. The lowest BCUT2D eigenvalue weighted by atomic mass is 9.91. The summed E-state index contributed by atoms with van der Waals surface area (Å²) in [6.45, 7) is -16.2. The summed E-state index contributed by atoms with van der Waals surface area (Å²) in [5.74, 6) is -6.22. The molecule has 0 bridgehead atoms. The second kappa shape index (κ2) is 8.16. The molecule has 7 nitrogen and oxygen atoms in total. The Morgan fingerprint density at radius 2 is 2.16 bits per heavy atom. The highest BCUT2D eigenvalue weighted by Crippen LogP contribution is 2.32. The Labute approximate surface area is 207 Å². The van der Waals surface area contributed by atoms with Gasteiger partial charge in [-0.2, -0.15) is 0 Å². The van der Waals surface area contributed by atoms with Crippen molar-refractivity contribution in [3.8, 4) is 0 Å². The van der Waals surface area contributed by atoms with E-state index in [2.05, 4.69) is 10.1 Å². The van der Waals surface area contributed by atoms with E-state index in [9.17, 15) is 14.3 Å². The van der Waals surface area contributed by atoms with Crippen molar-refractivity contribution in [1.29, 1.82) is 0 Å². The van der Waals surface area contributed by atoms with Crippen molar-refractivity contribution in [2.75, 3.05) is 19.5 Å². The Balaban J connectivity index is 1.79. The van der Waals surface area contributed by atoms with Crippen molar-refractivity contribution in [3.63, 3.8) is 0 Å². The van der Waals surface area contributed by atoms with Crippen LogP contribution in [-0.4, -0.2) is 44.2 Å². The molecule has 1 atom stereocenters. The van der Waals surface area contributed by atoms with Crippen LogP contribution in [0.4, 0.5) is 4.39 Å². The zero-order valence-electron chi connectivity index (χ0n) is 35.7. The zero-order chi connectivity index (χ0) is 39.5. The summed E-state index contributed by atoms with van der Waals surface area (Å²) in [6.07, 6.45) is -24.1. The van der Waals surface area contributed by atoms with Gasteiger partial charge in [-0.25, -0.2) is 9.37 Å². The number of rotatable bonds is 4. The van der Waals surface area contributed by atoms with Gasteiger partial charge in [0.25, 0.3) is 5.56 Å². The molecule has 2 aliphatic heterocycles. The molecule has 2 aromatic heterocycles. The molecule has 31 heavy (non-hydrogen) atoms. The summed E-state index contributed by atoms with van der Waals surface area (Å²) in [7, 11) is 0. The molecular weight excluding hydrogens is 399 g/mol. The molecule has 2 aliphatic rings. The number of fused-ring (bicyclic) bond motifs is 2. The minimum Gasteiger partial charge on any atom is -0.385 e. The number of aryl methyl sites for hydroxylation is 1. The first-order valence-electron chi connectivity index (χ1n) is 18.8. The van der Waals surface area contributed by atoms with Gasteiger partial charge in [-0.3, -0.25) is 9.36 Å². The van der Waals surface area contributed by atoms with Crippen molar-refractivity contribution < 1.29 is 41.4 Å². The largest absolute Gasteiger partial charge is 0.385 e. The lowest BCUT2D eigenvalue weighted by molar-refractivity contribution is 0.129. The summed E-state index contributed by atoms with van der Waals surface area (Å²) in [4.78, 5) is 16.7. The molecule has 0 saturated carbocycles. The van der Waals surface area contributed by atoms with E-state index in [0.717, 1.165) is 19.1 Å². The van der Waals surface area contributed by atoms with Crippen molar-refractivity contribution in [1.82, 2.24) is 19.6 Å². The Morgan fingerprint density at radius 1 is 1.35 bits per heavy atom. The summed E-state index contributed by atoms with van der Waals surface area (Å²) in [5.41, 5.74) is -6.27. The lowest BCUT2D eigenvalue weighted by Gasteiger charge is -2.31. The number of aliphatic hydroxyl groups is 1. The third-order valence-electron chi connectivity index (χ3n) is 4.37. The summed E-state index contributed by atoms with van der Waals surface area (Å²) in [6, 6.07) is 2.36. The second-order valence-electron chi connectivity index (χ2n) is 6.34. The maximum atomic E-state index is 14.0. The van der Waals surface area contributed by atoms with Gasteiger partial charge in [-0.15, -0.1) is 0 Å².